The lowest BCUT2D eigenvalue weighted by molar-refractivity contribution is -0.0775. The number of benzene rings is 1. The van der Waals surface area contributed by atoms with Crippen LogP contribution in [-0.2, 0) is 19.5 Å². The Morgan fingerprint density at radius 2 is 2.04 bits per heavy atom. The molecule has 0 radical (unpaired) electrons. The molecule has 1 aliphatic heterocycles. The number of sulfonamides is 1. The first-order chi connectivity index (χ1) is 11.5. The van der Waals surface area contributed by atoms with E-state index >= 15 is 0 Å². The van der Waals surface area contributed by atoms with Crippen molar-refractivity contribution in [3.63, 3.8) is 0 Å². The molecule has 1 aromatic carbocycles. The first-order valence-electron chi connectivity index (χ1n) is 7.86. The van der Waals surface area contributed by atoms with Crippen molar-refractivity contribution in [1.82, 2.24) is 4.72 Å². The monoisotopic (exact) mass is 357 g/mol. The Morgan fingerprint density at radius 1 is 1.25 bits per heavy atom. The maximum atomic E-state index is 12.9. The van der Waals surface area contributed by atoms with Gasteiger partial charge in [0, 0.05) is 37.7 Å². The van der Waals surface area contributed by atoms with Gasteiger partial charge in [0.15, 0.2) is 0 Å². The summed E-state index contributed by atoms with van der Waals surface area (Å²) in [6, 6.07) is 4.52. The first kappa shape index (κ1) is 17.5. The van der Waals surface area contributed by atoms with E-state index in [1.165, 1.54) is 20.3 Å². The predicted molar refractivity (Wildman–Crippen MR) is 86.9 cm³/mol. The molecule has 0 bridgehead atoms. The van der Waals surface area contributed by atoms with Gasteiger partial charge in [0.2, 0.25) is 10.0 Å². The summed E-state index contributed by atoms with van der Waals surface area (Å²) < 4.78 is 49.9. The van der Waals surface area contributed by atoms with Crippen molar-refractivity contribution in [3.8, 4) is 11.5 Å². The van der Waals surface area contributed by atoms with E-state index in [4.69, 9.17) is 18.9 Å². The second kappa shape index (κ2) is 6.87. The number of methoxy groups -OCH3 is 3. The Hall–Kier alpha value is -1.35. The minimum Gasteiger partial charge on any atom is -0.497 e. The van der Waals surface area contributed by atoms with Crippen molar-refractivity contribution >= 4 is 10.0 Å². The van der Waals surface area contributed by atoms with Crippen LogP contribution in [0.4, 0.5) is 0 Å². The zero-order chi connectivity index (χ0) is 17.3. The molecule has 134 valence electrons. The van der Waals surface area contributed by atoms with E-state index in [9.17, 15) is 8.42 Å². The summed E-state index contributed by atoms with van der Waals surface area (Å²) in [6.45, 7) is 1.12. The van der Waals surface area contributed by atoms with Crippen molar-refractivity contribution in [2.75, 3.05) is 34.5 Å². The SMILES string of the molecule is COC[C@H]1[C@@H](NS(=O)(=O)c2cc(OC)ccc2OC)[C@@H]2CCO[C@@H]21. The largest absolute Gasteiger partial charge is 0.497 e. The van der Waals surface area contributed by atoms with Crippen molar-refractivity contribution in [2.45, 2.75) is 23.5 Å². The Bertz CT molecular complexity index is 692. The van der Waals surface area contributed by atoms with Gasteiger partial charge in [-0.3, -0.25) is 0 Å². The lowest BCUT2D eigenvalue weighted by Crippen LogP contribution is -2.62. The highest BCUT2D eigenvalue weighted by molar-refractivity contribution is 7.89. The molecule has 2 aliphatic rings. The molecule has 24 heavy (non-hydrogen) atoms. The number of hydrogen-bond acceptors (Lipinski definition) is 6. The van der Waals surface area contributed by atoms with Crippen LogP contribution in [0.25, 0.3) is 0 Å². The predicted octanol–water partition coefficient (Wildman–Crippen LogP) is 1.03. The van der Waals surface area contributed by atoms with E-state index in [2.05, 4.69) is 4.72 Å². The maximum Gasteiger partial charge on any atom is 0.244 e. The lowest BCUT2D eigenvalue weighted by Gasteiger charge is -2.47. The van der Waals surface area contributed by atoms with Crippen LogP contribution in [0.3, 0.4) is 0 Å². The van der Waals surface area contributed by atoms with Gasteiger partial charge in [0.05, 0.1) is 26.9 Å². The van der Waals surface area contributed by atoms with Gasteiger partial charge in [-0.15, -0.1) is 0 Å². The quantitative estimate of drug-likeness (QED) is 0.785. The molecule has 1 aromatic rings. The van der Waals surface area contributed by atoms with Gasteiger partial charge in [-0.25, -0.2) is 13.1 Å². The van der Waals surface area contributed by atoms with Crippen molar-refractivity contribution < 1.29 is 27.4 Å². The van der Waals surface area contributed by atoms with Gasteiger partial charge in [-0.1, -0.05) is 0 Å². The topological polar surface area (TPSA) is 83.1 Å². The fraction of sp³-hybridized carbons (Fsp3) is 0.625. The summed E-state index contributed by atoms with van der Waals surface area (Å²) in [5, 5.41) is 0. The number of ether oxygens (including phenoxy) is 4. The van der Waals surface area contributed by atoms with Crippen LogP contribution in [-0.4, -0.2) is 55.1 Å². The zero-order valence-corrected chi connectivity index (χ0v) is 14.8. The van der Waals surface area contributed by atoms with Crippen LogP contribution in [0.15, 0.2) is 23.1 Å². The van der Waals surface area contributed by atoms with Gasteiger partial charge in [0.25, 0.3) is 0 Å². The van der Waals surface area contributed by atoms with E-state index < -0.39 is 10.0 Å². The van der Waals surface area contributed by atoms with E-state index in [0.29, 0.717) is 19.0 Å². The Labute approximate surface area is 142 Å². The molecule has 1 saturated heterocycles. The molecule has 2 fully saturated rings. The standard InChI is InChI=1S/C16H23NO6S/c1-20-9-12-15(11-6-7-23-16(11)12)17-24(18,19)14-8-10(21-2)4-5-13(14)22-3/h4-5,8,11-12,15-17H,6-7,9H2,1-3H3/t11-,12-,15-,16-/m0/s1. The molecule has 1 N–H and O–H groups in total. The molecule has 3 rings (SSSR count). The lowest BCUT2D eigenvalue weighted by atomic mass is 9.68. The summed E-state index contributed by atoms with van der Waals surface area (Å²) in [5.41, 5.74) is 0. The smallest absolute Gasteiger partial charge is 0.244 e. The molecule has 1 saturated carbocycles. The number of rotatable bonds is 7. The highest BCUT2D eigenvalue weighted by atomic mass is 32.2. The van der Waals surface area contributed by atoms with Gasteiger partial charge in [-0.2, -0.15) is 0 Å². The van der Waals surface area contributed by atoms with E-state index in [1.54, 1.807) is 19.2 Å². The van der Waals surface area contributed by atoms with Crippen molar-refractivity contribution in [2.24, 2.45) is 11.8 Å². The summed E-state index contributed by atoms with van der Waals surface area (Å²) in [6.07, 6.45) is 0.928. The van der Waals surface area contributed by atoms with Crippen LogP contribution in [0.1, 0.15) is 6.42 Å². The first-order valence-corrected chi connectivity index (χ1v) is 9.35. The second-order valence-corrected chi connectivity index (χ2v) is 7.75. The molecular formula is C16H23NO6S. The minimum atomic E-state index is -3.75. The molecule has 0 aromatic heterocycles. The Balaban J connectivity index is 1.86. The van der Waals surface area contributed by atoms with Gasteiger partial charge >= 0.3 is 0 Å². The van der Waals surface area contributed by atoms with Crippen LogP contribution < -0.4 is 14.2 Å². The Morgan fingerprint density at radius 3 is 2.71 bits per heavy atom. The average Bonchev–Trinajstić information content (AvgIpc) is 3.01. The van der Waals surface area contributed by atoms with Crippen LogP contribution in [0.5, 0.6) is 11.5 Å². The zero-order valence-electron chi connectivity index (χ0n) is 14.0. The average molecular weight is 357 g/mol. The van der Waals surface area contributed by atoms with Crippen LogP contribution in [0, 0.1) is 11.8 Å². The fourth-order valence-corrected chi connectivity index (χ4v) is 5.15. The van der Waals surface area contributed by atoms with E-state index in [0.717, 1.165) is 6.42 Å². The second-order valence-electron chi connectivity index (χ2n) is 6.07. The van der Waals surface area contributed by atoms with E-state index in [1.807, 2.05) is 0 Å². The third kappa shape index (κ3) is 2.99. The van der Waals surface area contributed by atoms with Gasteiger partial charge in [0.1, 0.15) is 16.4 Å². The molecule has 1 heterocycles. The molecule has 8 heteroatoms. The van der Waals surface area contributed by atoms with Crippen molar-refractivity contribution in [1.29, 1.82) is 0 Å². The summed E-state index contributed by atoms with van der Waals surface area (Å²) in [7, 11) is 0.794. The molecule has 0 unspecified atom stereocenters. The van der Waals surface area contributed by atoms with Gasteiger partial charge in [-0.05, 0) is 18.6 Å². The molecule has 7 nitrogen and oxygen atoms in total. The number of fused-ring (bicyclic) bond motifs is 1. The van der Waals surface area contributed by atoms with Crippen LogP contribution >= 0.6 is 0 Å². The van der Waals surface area contributed by atoms with Crippen molar-refractivity contribution in [3.05, 3.63) is 18.2 Å². The summed E-state index contributed by atoms with van der Waals surface area (Å²) >= 11 is 0. The molecule has 4 atom stereocenters. The highest BCUT2D eigenvalue weighted by Gasteiger charge is 2.55. The molecule has 1 aliphatic carbocycles. The molecule has 0 spiro atoms. The summed E-state index contributed by atoms with van der Waals surface area (Å²) in [4.78, 5) is 0.0721. The molecular weight excluding hydrogens is 334 g/mol. The third-order valence-corrected chi connectivity index (χ3v) is 6.32. The normalized spacial score (nSPS) is 29.0. The molecule has 0 amide bonds. The minimum absolute atomic E-state index is 0.0221. The maximum absolute atomic E-state index is 12.9. The van der Waals surface area contributed by atoms with Gasteiger partial charge < -0.3 is 18.9 Å². The Kier molecular flexibility index (Phi) is 5.00. The summed E-state index contributed by atoms with van der Waals surface area (Å²) in [5.74, 6) is 0.954. The number of nitrogens with one attached hydrogen (secondary N) is 1. The number of hydrogen-bond donors (Lipinski definition) is 1. The van der Waals surface area contributed by atoms with E-state index in [-0.39, 0.29) is 34.6 Å². The fourth-order valence-electron chi connectivity index (χ4n) is 3.63. The highest BCUT2D eigenvalue weighted by Crippen LogP contribution is 2.44. The third-order valence-electron chi connectivity index (χ3n) is 4.84. The van der Waals surface area contributed by atoms with Crippen LogP contribution in [0.2, 0.25) is 0 Å².